The molecule has 1 aromatic heterocycles. The smallest absolute Gasteiger partial charge is 0.0953 e. The van der Waals surface area contributed by atoms with Gasteiger partial charge in [0.1, 0.15) is 0 Å². The van der Waals surface area contributed by atoms with Gasteiger partial charge < -0.3 is 0 Å². The number of halogens is 1. The highest BCUT2D eigenvalue weighted by Crippen LogP contribution is 2.38. The van der Waals surface area contributed by atoms with Crippen LogP contribution < -0.4 is 0 Å². The summed E-state index contributed by atoms with van der Waals surface area (Å²) in [7, 11) is 0. The van der Waals surface area contributed by atoms with E-state index in [2.05, 4.69) is 23.2 Å². The van der Waals surface area contributed by atoms with E-state index in [9.17, 15) is 0 Å². The molecule has 0 saturated heterocycles. The van der Waals surface area contributed by atoms with E-state index in [1.165, 1.54) is 22.5 Å². The molecule has 1 aromatic carbocycles. The highest BCUT2D eigenvalue weighted by Gasteiger charge is 2.30. The number of nitrogens with zero attached hydrogens (tertiary/aromatic N) is 1. The van der Waals surface area contributed by atoms with Gasteiger partial charge in [-0.15, -0.1) is 22.9 Å². The van der Waals surface area contributed by atoms with E-state index in [0.717, 1.165) is 17.9 Å². The molecule has 1 fully saturated rings. The topological polar surface area (TPSA) is 12.9 Å². The number of alkyl halides is 1. The first-order valence-electron chi connectivity index (χ1n) is 5.31. The molecule has 0 radical (unpaired) electrons. The Kier molecular flexibility index (Phi) is 2.41. The zero-order valence-electron chi connectivity index (χ0n) is 8.32. The second-order valence-electron chi connectivity index (χ2n) is 4.13. The first-order valence-corrected chi connectivity index (χ1v) is 6.57. The molecule has 78 valence electrons. The average molecular weight is 238 g/mol. The van der Waals surface area contributed by atoms with Gasteiger partial charge >= 0.3 is 0 Å². The molecule has 0 bridgehead atoms. The Bertz CT molecular complexity index is 442. The van der Waals surface area contributed by atoms with Gasteiger partial charge in [0.2, 0.25) is 0 Å². The van der Waals surface area contributed by atoms with Crippen LogP contribution in [0.1, 0.15) is 17.8 Å². The maximum Gasteiger partial charge on any atom is 0.0953 e. The molecule has 0 spiro atoms. The standard InChI is InChI=1S/C12H12ClNS/c13-9(8-5-6-8)7-12-14-10-3-1-2-4-11(10)15-12/h1-4,8-9H,5-7H2. The zero-order valence-corrected chi connectivity index (χ0v) is 9.89. The molecular weight excluding hydrogens is 226 g/mol. The van der Waals surface area contributed by atoms with Crippen LogP contribution in [-0.2, 0) is 6.42 Å². The molecule has 15 heavy (non-hydrogen) atoms. The largest absolute Gasteiger partial charge is 0.241 e. The maximum atomic E-state index is 6.31. The van der Waals surface area contributed by atoms with Gasteiger partial charge in [-0.05, 0) is 30.9 Å². The second kappa shape index (κ2) is 3.76. The fourth-order valence-electron chi connectivity index (χ4n) is 1.80. The molecule has 1 aliphatic rings. The molecule has 3 heteroatoms. The van der Waals surface area contributed by atoms with E-state index in [1.54, 1.807) is 11.3 Å². The first kappa shape index (κ1) is 9.61. The third-order valence-corrected chi connectivity index (χ3v) is 4.41. The van der Waals surface area contributed by atoms with Crippen molar-refractivity contribution in [3.63, 3.8) is 0 Å². The summed E-state index contributed by atoms with van der Waals surface area (Å²) in [5.74, 6) is 0.749. The molecule has 2 aromatic rings. The number of fused-ring (bicyclic) bond motifs is 1. The molecular formula is C12H12ClNS. The minimum atomic E-state index is 0.297. The van der Waals surface area contributed by atoms with Crippen LogP contribution in [0.2, 0.25) is 0 Å². The summed E-state index contributed by atoms with van der Waals surface area (Å²) in [5.41, 5.74) is 1.11. The third kappa shape index (κ3) is 2.01. The fourth-order valence-corrected chi connectivity index (χ4v) is 3.31. The van der Waals surface area contributed by atoms with E-state index in [-0.39, 0.29) is 0 Å². The van der Waals surface area contributed by atoms with E-state index >= 15 is 0 Å². The molecule has 0 aliphatic heterocycles. The fraction of sp³-hybridized carbons (Fsp3) is 0.417. The summed E-state index contributed by atoms with van der Waals surface area (Å²) < 4.78 is 1.27. The van der Waals surface area contributed by atoms with Crippen molar-refractivity contribution in [1.29, 1.82) is 0 Å². The molecule has 3 rings (SSSR count). The summed E-state index contributed by atoms with van der Waals surface area (Å²) in [6, 6.07) is 8.28. The highest BCUT2D eigenvalue weighted by molar-refractivity contribution is 7.18. The number of rotatable bonds is 3. The summed E-state index contributed by atoms with van der Waals surface area (Å²) in [4.78, 5) is 4.60. The Morgan fingerprint density at radius 1 is 1.40 bits per heavy atom. The zero-order chi connectivity index (χ0) is 10.3. The first-order chi connectivity index (χ1) is 7.33. The van der Waals surface area contributed by atoms with Crippen LogP contribution in [0.25, 0.3) is 10.2 Å². The van der Waals surface area contributed by atoms with Crippen LogP contribution in [0.15, 0.2) is 24.3 Å². The quantitative estimate of drug-likeness (QED) is 0.739. The van der Waals surface area contributed by atoms with Gasteiger partial charge in [-0.1, -0.05) is 12.1 Å². The number of aromatic nitrogens is 1. The number of hydrogen-bond acceptors (Lipinski definition) is 2. The lowest BCUT2D eigenvalue weighted by molar-refractivity contribution is 0.735. The van der Waals surface area contributed by atoms with Crippen molar-refractivity contribution in [3.8, 4) is 0 Å². The number of hydrogen-bond donors (Lipinski definition) is 0. The van der Waals surface area contributed by atoms with Crippen LogP contribution >= 0.6 is 22.9 Å². The van der Waals surface area contributed by atoms with Crippen LogP contribution in [0.4, 0.5) is 0 Å². The summed E-state index contributed by atoms with van der Waals surface area (Å²) in [5, 5.41) is 1.48. The van der Waals surface area contributed by atoms with Crippen molar-refractivity contribution in [1.82, 2.24) is 4.98 Å². The van der Waals surface area contributed by atoms with E-state index in [4.69, 9.17) is 11.6 Å². The van der Waals surface area contributed by atoms with Crippen molar-refractivity contribution in [2.45, 2.75) is 24.6 Å². The molecule has 1 heterocycles. The van der Waals surface area contributed by atoms with Gasteiger partial charge in [-0.3, -0.25) is 0 Å². The second-order valence-corrected chi connectivity index (χ2v) is 5.81. The van der Waals surface area contributed by atoms with Crippen molar-refractivity contribution in [2.24, 2.45) is 5.92 Å². The molecule has 0 amide bonds. The molecule has 1 unspecified atom stereocenters. The van der Waals surface area contributed by atoms with Gasteiger partial charge in [0, 0.05) is 11.8 Å². The van der Waals surface area contributed by atoms with E-state index in [0.29, 0.717) is 5.38 Å². The van der Waals surface area contributed by atoms with Crippen LogP contribution in [0.5, 0.6) is 0 Å². The van der Waals surface area contributed by atoms with Crippen molar-refractivity contribution in [3.05, 3.63) is 29.3 Å². The van der Waals surface area contributed by atoms with Crippen LogP contribution in [0, 0.1) is 5.92 Å². The van der Waals surface area contributed by atoms with Crippen LogP contribution in [-0.4, -0.2) is 10.4 Å². The van der Waals surface area contributed by atoms with Crippen molar-refractivity contribution < 1.29 is 0 Å². The monoisotopic (exact) mass is 237 g/mol. The van der Waals surface area contributed by atoms with E-state index < -0.39 is 0 Å². The molecule has 1 nitrogen and oxygen atoms in total. The van der Waals surface area contributed by atoms with Gasteiger partial charge in [0.25, 0.3) is 0 Å². The van der Waals surface area contributed by atoms with Gasteiger partial charge in [-0.25, -0.2) is 4.98 Å². The minimum absolute atomic E-state index is 0.297. The summed E-state index contributed by atoms with van der Waals surface area (Å²) >= 11 is 8.08. The van der Waals surface area contributed by atoms with Crippen molar-refractivity contribution >= 4 is 33.2 Å². The van der Waals surface area contributed by atoms with Crippen molar-refractivity contribution in [2.75, 3.05) is 0 Å². The molecule has 0 N–H and O–H groups in total. The van der Waals surface area contributed by atoms with Gasteiger partial charge in [0.15, 0.2) is 0 Å². The Hall–Kier alpha value is -0.600. The molecule has 1 atom stereocenters. The highest BCUT2D eigenvalue weighted by atomic mass is 35.5. The predicted molar refractivity (Wildman–Crippen MR) is 65.7 cm³/mol. The van der Waals surface area contributed by atoms with Crippen LogP contribution in [0.3, 0.4) is 0 Å². The number of benzene rings is 1. The SMILES string of the molecule is ClC(Cc1nc2ccccc2s1)C1CC1. The maximum absolute atomic E-state index is 6.31. The average Bonchev–Trinajstić information content (AvgIpc) is 2.99. The lowest BCUT2D eigenvalue weighted by atomic mass is 10.2. The number of para-hydroxylation sites is 1. The Labute approximate surface area is 98.1 Å². The Morgan fingerprint density at radius 2 is 2.20 bits per heavy atom. The van der Waals surface area contributed by atoms with Gasteiger partial charge in [-0.2, -0.15) is 0 Å². The minimum Gasteiger partial charge on any atom is -0.241 e. The Balaban J connectivity index is 1.84. The lowest BCUT2D eigenvalue weighted by Crippen LogP contribution is -2.04. The molecule has 1 aliphatic carbocycles. The number of thiazole rings is 1. The summed E-state index contributed by atoms with van der Waals surface area (Å²) in [6.07, 6.45) is 3.55. The Morgan fingerprint density at radius 3 is 2.93 bits per heavy atom. The molecule has 1 saturated carbocycles. The third-order valence-electron chi connectivity index (χ3n) is 2.84. The predicted octanol–water partition coefficient (Wildman–Crippen LogP) is 3.86. The van der Waals surface area contributed by atoms with E-state index in [1.807, 2.05) is 6.07 Å². The lowest BCUT2D eigenvalue weighted by Gasteiger charge is -2.03. The normalized spacial score (nSPS) is 18.2. The van der Waals surface area contributed by atoms with Gasteiger partial charge in [0.05, 0.1) is 15.2 Å². The summed E-state index contributed by atoms with van der Waals surface area (Å²) in [6.45, 7) is 0.